The first-order valence-electron chi connectivity index (χ1n) is 14.5. The van der Waals surface area contributed by atoms with Crippen molar-refractivity contribution in [3.8, 4) is 0 Å². The summed E-state index contributed by atoms with van der Waals surface area (Å²) in [6, 6.07) is 21.1. The molecule has 0 spiro atoms. The van der Waals surface area contributed by atoms with Gasteiger partial charge in [-0.05, 0) is 59.7 Å². The molecule has 2 aromatic heterocycles. The lowest BCUT2D eigenvalue weighted by molar-refractivity contribution is -0.118. The second-order valence-corrected chi connectivity index (χ2v) is 10.9. The Bertz CT molecular complexity index is 1750. The zero-order valence-electron chi connectivity index (χ0n) is 24.0. The summed E-state index contributed by atoms with van der Waals surface area (Å²) >= 11 is 0. The lowest BCUT2D eigenvalue weighted by atomic mass is 10.0. The van der Waals surface area contributed by atoms with Gasteiger partial charge in [-0.3, -0.25) is 19.5 Å². The summed E-state index contributed by atoms with van der Waals surface area (Å²) in [5.74, 6) is -2.01. The molecule has 8 nitrogen and oxygen atoms in total. The number of nitrogens with one attached hydrogen (secondary N) is 3. The molecule has 0 radical (unpaired) electrons. The number of pyridine rings is 1. The number of H-pyrrole nitrogens is 1. The van der Waals surface area contributed by atoms with Crippen molar-refractivity contribution >= 4 is 34.1 Å². The second kappa shape index (κ2) is 13.0. The average molecular weight is 595 g/mol. The van der Waals surface area contributed by atoms with Crippen LogP contribution in [0.25, 0.3) is 10.9 Å². The summed E-state index contributed by atoms with van der Waals surface area (Å²) < 4.78 is 28.6. The first-order valence-corrected chi connectivity index (χ1v) is 14.5. The van der Waals surface area contributed by atoms with Crippen LogP contribution in [0.5, 0.6) is 0 Å². The first-order chi connectivity index (χ1) is 21.4. The molecule has 1 saturated heterocycles. The Morgan fingerprint density at radius 1 is 0.909 bits per heavy atom. The number of carbonyl (C=O) groups is 2. The molecule has 0 saturated carbocycles. The van der Waals surface area contributed by atoms with Crippen molar-refractivity contribution in [3.63, 3.8) is 0 Å². The number of hydrogen-bond donors (Lipinski definition) is 3. The highest BCUT2D eigenvalue weighted by molar-refractivity contribution is 6.02. The lowest BCUT2D eigenvalue weighted by Gasteiger charge is -2.36. The fourth-order valence-corrected chi connectivity index (χ4v) is 5.53. The van der Waals surface area contributed by atoms with Gasteiger partial charge in [0.15, 0.2) is 0 Å². The van der Waals surface area contributed by atoms with Crippen LogP contribution in [0.3, 0.4) is 0 Å². The summed E-state index contributed by atoms with van der Waals surface area (Å²) in [7, 11) is 0. The number of hydrogen-bond acceptors (Lipinski definition) is 5. The molecular weight excluding hydrogens is 562 g/mol. The van der Waals surface area contributed by atoms with E-state index in [1.54, 1.807) is 42.7 Å². The number of benzene rings is 3. The summed E-state index contributed by atoms with van der Waals surface area (Å²) in [5, 5.41) is 6.53. The smallest absolute Gasteiger partial charge is 0.254 e. The lowest BCUT2D eigenvalue weighted by Crippen LogP contribution is -2.46. The molecule has 5 aromatic rings. The topological polar surface area (TPSA) is 93.4 Å². The van der Waals surface area contributed by atoms with Crippen LogP contribution in [-0.2, 0) is 17.8 Å². The molecule has 1 atom stereocenters. The van der Waals surface area contributed by atoms with Crippen LogP contribution in [-0.4, -0.2) is 58.9 Å². The summed E-state index contributed by atoms with van der Waals surface area (Å²) in [4.78, 5) is 38.2. The minimum Gasteiger partial charge on any atom is -0.369 e. The standard InChI is InChI=1S/C34H32F2N6O2/c35-25-7-5-23(6-8-25)22-41-15-17-42(18-16-41)27-9-10-29(30(36)20-27)33(43)40-32(34(44)39-26-11-13-37-14-12-26)19-24-21-38-31-4-2-1-3-28(24)31/h1-14,20-21,32,38H,15-19,22H2,(H,40,43)(H,37,39,44)/t32-/m0/s1. The molecule has 1 aliphatic heterocycles. The Hall–Kier alpha value is -5.09. The van der Waals surface area contributed by atoms with Crippen LogP contribution in [0.2, 0.25) is 0 Å². The van der Waals surface area contributed by atoms with E-state index >= 15 is 4.39 Å². The van der Waals surface area contributed by atoms with Gasteiger partial charge in [0.25, 0.3) is 5.91 Å². The van der Waals surface area contributed by atoms with Gasteiger partial charge in [-0.2, -0.15) is 0 Å². The van der Waals surface area contributed by atoms with Gasteiger partial charge in [0.1, 0.15) is 17.7 Å². The fourth-order valence-electron chi connectivity index (χ4n) is 5.53. The Labute approximate surface area is 253 Å². The monoisotopic (exact) mass is 594 g/mol. The molecular formula is C34H32F2N6O2. The molecule has 224 valence electrons. The maximum Gasteiger partial charge on any atom is 0.254 e. The van der Waals surface area contributed by atoms with Crippen LogP contribution >= 0.6 is 0 Å². The maximum atomic E-state index is 15.4. The van der Waals surface area contributed by atoms with Crippen molar-refractivity contribution in [1.82, 2.24) is 20.2 Å². The van der Waals surface area contributed by atoms with Gasteiger partial charge in [-0.1, -0.05) is 30.3 Å². The molecule has 3 heterocycles. The van der Waals surface area contributed by atoms with Crippen LogP contribution in [0, 0.1) is 11.6 Å². The molecule has 2 amide bonds. The number of aromatic amines is 1. The quantitative estimate of drug-likeness (QED) is 0.220. The molecule has 0 unspecified atom stereocenters. The molecule has 10 heteroatoms. The van der Waals surface area contributed by atoms with Gasteiger partial charge in [-0.25, -0.2) is 8.78 Å². The maximum absolute atomic E-state index is 15.4. The average Bonchev–Trinajstić information content (AvgIpc) is 3.45. The molecule has 0 aliphatic carbocycles. The zero-order chi connectivity index (χ0) is 30.5. The van der Waals surface area contributed by atoms with Crippen LogP contribution in [0.1, 0.15) is 21.5 Å². The molecule has 1 aliphatic rings. The fraction of sp³-hybridized carbons (Fsp3) is 0.206. The van der Waals surface area contributed by atoms with Gasteiger partial charge in [-0.15, -0.1) is 0 Å². The minimum absolute atomic E-state index is 0.135. The number of para-hydroxylation sites is 1. The van der Waals surface area contributed by atoms with E-state index in [4.69, 9.17) is 0 Å². The van der Waals surface area contributed by atoms with Crippen molar-refractivity contribution in [2.24, 2.45) is 0 Å². The van der Waals surface area contributed by atoms with E-state index in [-0.39, 0.29) is 17.8 Å². The molecule has 3 aromatic carbocycles. The van der Waals surface area contributed by atoms with Crippen LogP contribution in [0.4, 0.5) is 20.2 Å². The predicted octanol–water partition coefficient (Wildman–Crippen LogP) is 5.14. The SMILES string of the molecule is O=C(N[C@@H](Cc1c[nH]c2ccccc12)C(=O)Nc1ccncc1)c1ccc(N2CCN(Cc3ccc(F)cc3)CC2)cc1F. The molecule has 0 bridgehead atoms. The second-order valence-electron chi connectivity index (χ2n) is 10.9. The van der Waals surface area contributed by atoms with Gasteiger partial charge < -0.3 is 20.5 Å². The third-order valence-corrected chi connectivity index (χ3v) is 7.92. The Morgan fingerprint density at radius 2 is 1.66 bits per heavy atom. The Morgan fingerprint density at radius 3 is 2.41 bits per heavy atom. The Kier molecular flexibility index (Phi) is 8.60. The summed E-state index contributed by atoms with van der Waals surface area (Å²) in [5.41, 5.74) is 3.90. The van der Waals surface area contributed by atoms with E-state index in [1.807, 2.05) is 30.5 Å². The number of rotatable bonds is 9. The van der Waals surface area contributed by atoms with Crippen molar-refractivity contribution < 1.29 is 18.4 Å². The number of amides is 2. The van der Waals surface area contributed by atoms with E-state index in [2.05, 4.69) is 30.4 Å². The Balaban J connectivity index is 1.13. The van der Waals surface area contributed by atoms with Crippen LogP contribution in [0.15, 0.2) is 97.5 Å². The highest BCUT2D eigenvalue weighted by Crippen LogP contribution is 2.23. The van der Waals surface area contributed by atoms with E-state index in [0.29, 0.717) is 24.5 Å². The van der Waals surface area contributed by atoms with Crippen molar-refractivity contribution in [1.29, 1.82) is 0 Å². The van der Waals surface area contributed by atoms with Crippen molar-refractivity contribution in [3.05, 3.63) is 126 Å². The molecule has 44 heavy (non-hydrogen) atoms. The highest BCUT2D eigenvalue weighted by atomic mass is 19.1. The normalized spacial score (nSPS) is 14.4. The van der Waals surface area contributed by atoms with E-state index < -0.39 is 23.7 Å². The third-order valence-electron chi connectivity index (χ3n) is 7.92. The van der Waals surface area contributed by atoms with Gasteiger partial charge in [0.05, 0.1) is 5.56 Å². The number of anilines is 2. The minimum atomic E-state index is -0.969. The van der Waals surface area contributed by atoms with E-state index in [1.165, 1.54) is 24.3 Å². The summed E-state index contributed by atoms with van der Waals surface area (Å²) in [6.45, 7) is 3.63. The van der Waals surface area contributed by atoms with E-state index in [0.717, 1.165) is 41.7 Å². The molecule has 6 rings (SSSR count). The zero-order valence-corrected chi connectivity index (χ0v) is 24.0. The van der Waals surface area contributed by atoms with Crippen molar-refractivity contribution in [2.75, 3.05) is 36.4 Å². The number of aromatic nitrogens is 2. The summed E-state index contributed by atoms with van der Waals surface area (Å²) in [6.07, 6.45) is 5.14. The first kappa shape index (κ1) is 29.0. The molecule has 1 fully saturated rings. The van der Waals surface area contributed by atoms with Crippen LogP contribution < -0.4 is 15.5 Å². The largest absolute Gasteiger partial charge is 0.369 e. The van der Waals surface area contributed by atoms with Gasteiger partial charge >= 0.3 is 0 Å². The number of nitrogens with zero attached hydrogens (tertiary/aromatic N) is 3. The number of fused-ring (bicyclic) bond motifs is 1. The predicted molar refractivity (Wildman–Crippen MR) is 166 cm³/mol. The number of halogens is 2. The third kappa shape index (κ3) is 6.76. The van der Waals surface area contributed by atoms with Gasteiger partial charge in [0.2, 0.25) is 5.91 Å². The number of carbonyl (C=O) groups excluding carboxylic acids is 2. The van der Waals surface area contributed by atoms with Gasteiger partial charge in [0, 0.05) is 80.0 Å². The number of piperazine rings is 1. The van der Waals surface area contributed by atoms with E-state index in [9.17, 15) is 14.0 Å². The van der Waals surface area contributed by atoms with Crippen molar-refractivity contribution in [2.45, 2.75) is 19.0 Å². The molecule has 3 N–H and O–H groups in total. The highest BCUT2D eigenvalue weighted by Gasteiger charge is 2.26.